The van der Waals surface area contributed by atoms with Gasteiger partial charge in [-0.25, -0.2) is 0 Å². The number of carbonyl (C=O) groups excluding carboxylic acids is 2. The smallest absolute Gasteiger partial charge is 0.324 e. The van der Waals surface area contributed by atoms with Crippen LogP contribution in [0.3, 0.4) is 0 Å². The van der Waals surface area contributed by atoms with Gasteiger partial charge in [-0.2, -0.15) is 0 Å². The molecule has 23 heavy (non-hydrogen) atoms. The Kier molecular flexibility index (Phi) is 5.29. The van der Waals surface area contributed by atoms with E-state index in [2.05, 4.69) is 0 Å². The van der Waals surface area contributed by atoms with Gasteiger partial charge in [0.25, 0.3) is 0 Å². The van der Waals surface area contributed by atoms with E-state index in [0.717, 1.165) is 5.75 Å². The number of ether oxygens (including phenoxy) is 3. The Morgan fingerprint density at radius 1 is 0.957 bits per heavy atom. The molecule has 1 aromatic carbocycles. The fraction of sp³-hybridized carbons (Fsp3) is 0.556. The van der Waals surface area contributed by atoms with Crippen molar-refractivity contribution in [3.63, 3.8) is 0 Å². The van der Waals surface area contributed by atoms with Crippen molar-refractivity contribution in [2.24, 2.45) is 5.41 Å². The number of carbonyl (C=O) groups is 2. The molecular formula is C18H24O5. The molecule has 1 aromatic rings. The third kappa shape index (κ3) is 4.03. The molecule has 0 atom stereocenters. The standard InChI is InChI=1S/C18H24O5/c1-12(2)21-16(19)18(17(20)22-13(3)4)10-15(11-18)23-14-8-6-5-7-9-14/h5-9,12-13,15H,10-11H2,1-4H3. The van der Waals surface area contributed by atoms with E-state index in [1.54, 1.807) is 27.7 Å². The van der Waals surface area contributed by atoms with Gasteiger partial charge in [0.2, 0.25) is 0 Å². The Labute approximate surface area is 136 Å². The van der Waals surface area contributed by atoms with Crippen LogP contribution in [0.15, 0.2) is 30.3 Å². The van der Waals surface area contributed by atoms with E-state index in [4.69, 9.17) is 14.2 Å². The van der Waals surface area contributed by atoms with Gasteiger partial charge in [-0.1, -0.05) is 18.2 Å². The minimum absolute atomic E-state index is 0.197. The van der Waals surface area contributed by atoms with Crippen molar-refractivity contribution in [1.29, 1.82) is 0 Å². The molecule has 1 aliphatic rings. The Morgan fingerprint density at radius 2 is 1.43 bits per heavy atom. The van der Waals surface area contributed by atoms with Gasteiger partial charge in [0, 0.05) is 12.8 Å². The third-order valence-electron chi connectivity index (χ3n) is 3.67. The molecule has 0 saturated heterocycles. The molecule has 2 rings (SSSR count). The average Bonchev–Trinajstić information content (AvgIpc) is 2.41. The predicted octanol–water partition coefficient (Wildman–Crippen LogP) is 3.12. The van der Waals surface area contributed by atoms with Crippen molar-refractivity contribution in [3.05, 3.63) is 30.3 Å². The van der Waals surface area contributed by atoms with Crippen LogP contribution in [0.1, 0.15) is 40.5 Å². The Morgan fingerprint density at radius 3 is 1.87 bits per heavy atom. The highest BCUT2D eigenvalue weighted by molar-refractivity contribution is 6.01. The van der Waals surface area contributed by atoms with Gasteiger partial charge >= 0.3 is 11.9 Å². The first-order chi connectivity index (χ1) is 10.8. The summed E-state index contributed by atoms with van der Waals surface area (Å²) in [5, 5.41) is 0. The van der Waals surface area contributed by atoms with E-state index >= 15 is 0 Å². The van der Waals surface area contributed by atoms with E-state index < -0.39 is 17.4 Å². The highest BCUT2D eigenvalue weighted by Crippen LogP contribution is 2.45. The van der Waals surface area contributed by atoms with Gasteiger partial charge in [0.15, 0.2) is 5.41 Å². The summed E-state index contributed by atoms with van der Waals surface area (Å²) in [4.78, 5) is 24.8. The monoisotopic (exact) mass is 320 g/mol. The number of rotatable bonds is 6. The van der Waals surface area contributed by atoms with Crippen molar-refractivity contribution in [3.8, 4) is 5.75 Å². The zero-order valence-corrected chi connectivity index (χ0v) is 14.1. The summed E-state index contributed by atoms with van der Waals surface area (Å²) in [6, 6.07) is 9.35. The van der Waals surface area contributed by atoms with Crippen LogP contribution in [0.5, 0.6) is 5.75 Å². The molecule has 0 N–H and O–H groups in total. The number of esters is 2. The van der Waals surface area contributed by atoms with Gasteiger partial charge in [0.1, 0.15) is 11.9 Å². The second kappa shape index (κ2) is 7.02. The van der Waals surface area contributed by atoms with Crippen LogP contribution in [0.2, 0.25) is 0 Å². The zero-order chi connectivity index (χ0) is 17.0. The molecule has 0 radical (unpaired) electrons. The lowest BCUT2D eigenvalue weighted by Gasteiger charge is -2.43. The van der Waals surface area contributed by atoms with E-state index in [-0.39, 0.29) is 31.2 Å². The molecule has 0 heterocycles. The Hall–Kier alpha value is -2.04. The van der Waals surface area contributed by atoms with Gasteiger partial charge in [-0.3, -0.25) is 9.59 Å². The molecule has 1 aliphatic carbocycles. The van der Waals surface area contributed by atoms with Gasteiger partial charge < -0.3 is 14.2 Å². The molecule has 0 aliphatic heterocycles. The molecule has 126 valence electrons. The molecular weight excluding hydrogens is 296 g/mol. The summed E-state index contributed by atoms with van der Waals surface area (Å²) >= 11 is 0. The number of para-hydroxylation sites is 1. The maximum atomic E-state index is 12.4. The number of hydrogen-bond acceptors (Lipinski definition) is 5. The first-order valence-corrected chi connectivity index (χ1v) is 7.97. The van der Waals surface area contributed by atoms with Crippen molar-refractivity contribution in [1.82, 2.24) is 0 Å². The highest BCUT2D eigenvalue weighted by atomic mass is 16.6. The molecule has 5 nitrogen and oxygen atoms in total. The van der Waals surface area contributed by atoms with Crippen LogP contribution >= 0.6 is 0 Å². The molecule has 1 saturated carbocycles. The maximum absolute atomic E-state index is 12.4. The first-order valence-electron chi connectivity index (χ1n) is 7.97. The fourth-order valence-electron chi connectivity index (χ4n) is 2.56. The molecule has 0 bridgehead atoms. The van der Waals surface area contributed by atoms with Crippen molar-refractivity contribution in [2.75, 3.05) is 0 Å². The third-order valence-corrected chi connectivity index (χ3v) is 3.67. The summed E-state index contributed by atoms with van der Waals surface area (Å²) in [6.45, 7) is 7.04. The lowest BCUT2D eigenvalue weighted by molar-refractivity contribution is -0.191. The summed E-state index contributed by atoms with van der Waals surface area (Å²) in [7, 11) is 0. The SMILES string of the molecule is CC(C)OC(=O)C1(C(=O)OC(C)C)CC(Oc2ccccc2)C1. The molecule has 0 aromatic heterocycles. The van der Waals surface area contributed by atoms with E-state index in [1.807, 2.05) is 30.3 Å². The predicted molar refractivity (Wildman–Crippen MR) is 85.0 cm³/mol. The summed E-state index contributed by atoms with van der Waals surface area (Å²) in [5.41, 5.74) is -1.24. The van der Waals surface area contributed by atoms with Gasteiger partial charge in [-0.05, 0) is 39.8 Å². The molecule has 5 heteroatoms. The number of hydrogen-bond donors (Lipinski definition) is 0. The van der Waals surface area contributed by atoms with Crippen LogP contribution in [-0.2, 0) is 19.1 Å². The molecule has 0 spiro atoms. The minimum atomic E-state index is -1.24. The largest absolute Gasteiger partial charge is 0.490 e. The molecule has 0 amide bonds. The van der Waals surface area contributed by atoms with Crippen molar-refractivity contribution in [2.45, 2.75) is 58.8 Å². The molecule has 0 unspecified atom stereocenters. The topological polar surface area (TPSA) is 61.8 Å². The lowest BCUT2D eigenvalue weighted by Crippen LogP contribution is -2.56. The van der Waals surface area contributed by atoms with Crippen LogP contribution < -0.4 is 4.74 Å². The van der Waals surface area contributed by atoms with Crippen LogP contribution in [0.25, 0.3) is 0 Å². The van der Waals surface area contributed by atoms with E-state index in [0.29, 0.717) is 0 Å². The fourth-order valence-corrected chi connectivity index (χ4v) is 2.56. The average molecular weight is 320 g/mol. The van der Waals surface area contributed by atoms with Crippen molar-refractivity contribution < 1.29 is 23.8 Å². The second-order valence-corrected chi connectivity index (χ2v) is 6.45. The van der Waals surface area contributed by atoms with E-state index in [1.165, 1.54) is 0 Å². The summed E-state index contributed by atoms with van der Waals surface area (Å²) in [6.07, 6.45) is -0.199. The van der Waals surface area contributed by atoms with Gasteiger partial charge in [-0.15, -0.1) is 0 Å². The summed E-state index contributed by atoms with van der Waals surface area (Å²) in [5.74, 6) is -0.322. The van der Waals surface area contributed by atoms with Crippen LogP contribution in [0, 0.1) is 5.41 Å². The minimum Gasteiger partial charge on any atom is -0.490 e. The van der Waals surface area contributed by atoms with Crippen molar-refractivity contribution >= 4 is 11.9 Å². The Balaban J connectivity index is 2.06. The normalized spacial score (nSPS) is 16.8. The Bertz CT molecular complexity index is 520. The molecule has 1 fully saturated rings. The maximum Gasteiger partial charge on any atom is 0.324 e. The summed E-state index contributed by atoms with van der Waals surface area (Å²) < 4.78 is 16.3. The van der Waals surface area contributed by atoms with Gasteiger partial charge in [0.05, 0.1) is 12.2 Å². The first kappa shape index (κ1) is 17.3. The zero-order valence-electron chi connectivity index (χ0n) is 14.1. The van der Waals surface area contributed by atoms with E-state index in [9.17, 15) is 9.59 Å². The number of benzene rings is 1. The quantitative estimate of drug-likeness (QED) is 0.595. The lowest BCUT2D eigenvalue weighted by atomic mass is 9.66. The van der Waals surface area contributed by atoms with Crippen LogP contribution in [0.4, 0.5) is 0 Å². The van der Waals surface area contributed by atoms with Crippen LogP contribution in [-0.4, -0.2) is 30.3 Å². The highest BCUT2D eigenvalue weighted by Gasteiger charge is 2.60. The second-order valence-electron chi connectivity index (χ2n) is 6.45.